The Labute approximate surface area is 116 Å². The Morgan fingerprint density at radius 2 is 2.15 bits per heavy atom. The van der Waals surface area contributed by atoms with Crippen molar-refractivity contribution in [2.24, 2.45) is 0 Å². The number of ketones is 1. The molecule has 4 nitrogen and oxygen atoms in total. The van der Waals surface area contributed by atoms with Crippen molar-refractivity contribution in [3.63, 3.8) is 0 Å². The predicted molar refractivity (Wildman–Crippen MR) is 76.2 cm³/mol. The van der Waals surface area contributed by atoms with Crippen LogP contribution in [0, 0.1) is 0 Å². The second-order valence-electron chi connectivity index (χ2n) is 4.88. The minimum Gasteiger partial charge on any atom is -0.491 e. The average Bonchev–Trinajstić information content (AvgIpc) is 3.06. The van der Waals surface area contributed by atoms with Gasteiger partial charge in [-0.25, -0.2) is 0 Å². The zero-order chi connectivity index (χ0) is 14.1. The number of fused-ring (bicyclic) bond motifs is 1. The lowest BCUT2D eigenvalue weighted by Crippen LogP contribution is -2.05. The van der Waals surface area contributed by atoms with Gasteiger partial charge in [-0.2, -0.15) is 0 Å². The van der Waals surface area contributed by atoms with Crippen LogP contribution in [-0.2, 0) is 0 Å². The van der Waals surface area contributed by atoms with Gasteiger partial charge in [0.2, 0.25) is 5.78 Å². The molecule has 0 atom stereocenters. The van der Waals surface area contributed by atoms with Gasteiger partial charge in [0.15, 0.2) is 5.76 Å². The van der Waals surface area contributed by atoms with Crippen LogP contribution in [0.2, 0.25) is 0 Å². The third-order valence-corrected chi connectivity index (χ3v) is 3.01. The lowest BCUT2D eigenvalue weighted by Gasteiger charge is -2.09. The second-order valence-corrected chi connectivity index (χ2v) is 4.88. The molecule has 0 radical (unpaired) electrons. The van der Waals surface area contributed by atoms with E-state index in [2.05, 4.69) is 4.98 Å². The largest absolute Gasteiger partial charge is 0.491 e. The molecule has 0 amide bonds. The normalized spacial score (nSPS) is 11.2. The number of ether oxygens (including phenoxy) is 1. The van der Waals surface area contributed by atoms with Crippen molar-refractivity contribution < 1.29 is 13.9 Å². The number of nitrogens with one attached hydrogen (secondary N) is 1. The third-order valence-electron chi connectivity index (χ3n) is 3.01. The molecule has 3 rings (SSSR count). The Morgan fingerprint density at radius 1 is 1.30 bits per heavy atom. The Morgan fingerprint density at radius 3 is 2.85 bits per heavy atom. The monoisotopic (exact) mass is 269 g/mol. The van der Waals surface area contributed by atoms with Crippen molar-refractivity contribution >= 4 is 16.7 Å². The molecule has 20 heavy (non-hydrogen) atoms. The summed E-state index contributed by atoms with van der Waals surface area (Å²) in [5.74, 6) is 0.949. The number of aromatic nitrogens is 1. The van der Waals surface area contributed by atoms with E-state index in [1.165, 1.54) is 6.26 Å². The predicted octanol–water partition coefficient (Wildman–Crippen LogP) is 3.78. The SMILES string of the molecule is CC(C)Oc1ccc2[nH]cc(C(=O)c3ccco3)c2c1. The molecule has 4 heteroatoms. The highest BCUT2D eigenvalue weighted by molar-refractivity contribution is 6.15. The van der Waals surface area contributed by atoms with Gasteiger partial charge in [-0.15, -0.1) is 0 Å². The molecule has 0 aliphatic rings. The fraction of sp³-hybridized carbons (Fsp3) is 0.188. The van der Waals surface area contributed by atoms with Crippen LogP contribution in [0.5, 0.6) is 5.75 Å². The molecule has 1 N–H and O–H groups in total. The standard InChI is InChI=1S/C16H15NO3/c1-10(2)20-11-5-6-14-12(8-11)13(9-17-14)16(18)15-4-3-7-19-15/h3-10,17H,1-2H3. The molecule has 1 aromatic carbocycles. The lowest BCUT2D eigenvalue weighted by molar-refractivity contribution is 0.101. The summed E-state index contributed by atoms with van der Waals surface area (Å²) in [6, 6.07) is 9.04. The van der Waals surface area contributed by atoms with Gasteiger partial charge in [-0.05, 0) is 44.2 Å². The highest BCUT2D eigenvalue weighted by atomic mass is 16.5. The van der Waals surface area contributed by atoms with Gasteiger partial charge >= 0.3 is 0 Å². The highest BCUT2D eigenvalue weighted by Gasteiger charge is 2.17. The number of hydrogen-bond donors (Lipinski definition) is 1. The Bertz CT molecular complexity index is 738. The summed E-state index contributed by atoms with van der Waals surface area (Å²) in [6.07, 6.45) is 3.29. The van der Waals surface area contributed by atoms with Crippen LogP contribution >= 0.6 is 0 Å². The zero-order valence-electron chi connectivity index (χ0n) is 11.3. The Hall–Kier alpha value is -2.49. The summed E-state index contributed by atoms with van der Waals surface area (Å²) in [5, 5.41) is 0.838. The minimum atomic E-state index is -0.136. The van der Waals surface area contributed by atoms with E-state index in [1.807, 2.05) is 32.0 Å². The lowest BCUT2D eigenvalue weighted by atomic mass is 10.1. The van der Waals surface area contributed by atoms with Crippen LogP contribution in [0.25, 0.3) is 10.9 Å². The van der Waals surface area contributed by atoms with Crippen LogP contribution in [0.15, 0.2) is 47.2 Å². The van der Waals surface area contributed by atoms with E-state index in [0.717, 1.165) is 16.7 Å². The second kappa shape index (κ2) is 4.89. The molecule has 0 unspecified atom stereocenters. The number of H-pyrrole nitrogens is 1. The molecule has 0 aliphatic carbocycles. The van der Waals surface area contributed by atoms with Gasteiger partial charge in [0.25, 0.3) is 0 Å². The highest BCUT2D eigenvalue weighted by Crippen LogP contribution is 2.26. The molecule has 0 bridgehead atoms. The Balaban J connectivity index is 2.05. The summed E-state index contributed by atoms with van der Waals surface area (Å²) in [6.45, 7) is 3.94. The van der Waals surface area contributed by atoms with E-state index in [9.17, 15) is 4.79 Å². The Kier molecular flexibility index (Phi) is 3.06. The molecule has 0 saturated carbocycles. The maximum absolute atomic E-state index is 12.4. The van der Waals surface area contributed by atoms with Crippen LogP contribution in [0.1, 0.15) is 30.0 Å². The molecule has 0 spiro atoms. The van der Waals surface area contributed by atoms with E-state index in [-0.39, 0.29) is 11.9 Å². The van der Waals surface area contributed by atoms with Gasteiger partial charge in [-0.1, -0.05) is 0 Å². The molecular formula is C16H15NO3. The first kappa shape index (κ1) is 12.5. The topological polar surface area (TPSA) is 55.2 Å². The van der Waals surface area contributed by atoms with Crippen molar-refractivity contribution in [1.82, 2.24) is 4.98 Å². The van der Waals surface area contributed by atoms with Crippen molar-refractivity contribution in [3.05, 3.63) is 54.1 Å². The van der Waals surface area contributed by atoms with Gasteiger partial charge in [-0.3, -0.25) is 4.79 Å². The van der Waals surface area contributed by atoms with Crippen LogP contribution in [0.3, 0.4) is 0 Å². The van der Waals surface area contributed by atoms with Crippen molar-refractivity contribution in [2.75, 3.05) is 0 Å². The number of benzene rings is 1. The molecular weight excluding hydrogens is 254 g/mol. The summed E-state index contributed by atoms with van der Waals surface area (Å²) >= 11 is 0. The smallest absolute Gasteiger partial charge is 0.230 e. The van der Waals surface area contributed by atoms with Crippen LogP contribution in [0.4, 0.5) is 0 Å². The van der Waals surface area contributed by atoms with Gasteiger partial charge in [0.05, 0.1) is 17.9 Å². The molecule has 3 aromatic rings. The molecule has 0 fully saturated rings. The summed E-state index contributed by atoms with van der Waals surface area (Å²) in [5.41, 5.74) is 1.49. The number of carbonyl (C=O) groups excluding carboxylic acids is 1. The van der Waals surface area contributed by atoms with E-state index in [4.69, 9.17) is 9.15 Å². The summed E-state index contributed by atoms with van der Waals surface area (Å²) < 4.78 is 10.8. The van der Waals surface area contributed by atoms with Gasteiger partial charge in [0, 0.05) is 17.1 Å². The average molecular weight is 269 g/mol. The first-order chi connectivity index (χ1) is 9.65. The minimum absolute atomic E-state index is 0.0932. The fourth-order valence-electron chi connectivity index (χ4n) is 2.17. The molecule has 102 valence electrons. The van der Waals surface area contributed by atoms with Crippen molar-refractivity contribution in [3.8, 4) is 5.75 Å². The zero-order valence-corrected chi connectivity index (χ0v) is 11.3. The summed E-state index contributed by atoms with van der Waals surface area (Å²) in [7, 11) is 0. The first-order valence-electron chi connectivity index (χ1n) is 6.51. The maximum atomic E-state index is 12.4. The number of aromatic amines is 1. The van der Waals surface area contributed by atoms with E-state index in [1.54, 1.807) is 18.3 Å². The number of furan rings is 1. The van der Waals surface area contributed by atoms with E-state index in [0.29, 0.717) is 11.3 Å². The first-order valence-corrected chi connectivity index (χ1v) is 6.51. The van der Waals surface area contributed by atoms with Gasteiger partial charge < -0.3 is 14.1 Å². The van der Waals surface area contributed by atoms with Gasteiger partial charge in [0.1, 0.15) is 5.75 Å². The van der Waals surface area contributed by atoms with Crippen molar-refractivity contribution in [1.29, 1.82) is 0 Å². The van der Waals surface area contributed by atoms with Crippen molar-refractivity contribution in [2.45, 2.75) is 20.0 Å². The van der Waals surface area contributed by atoms with E-state index >= 15 is 0 Å². The molecule has 0 saturated heterocycles. The molecule has 0 aliphatic heterocycles. The quantitative estimate of drug-likeness (QED) is 0.733. The molecule has 2 aromatic heterocycles. The van der Waals surface area contributed by atoms with E-state index < -0.39 is 0 Å². The number of hydrogen-bond acceptors (Lipinski definition) is 3. The van der Waals surface area contributed by atoms with Crippen LogP contribution in [-0.4, -0.2) is 16.9 Å². The summed E-state index contributed by atoms with van der Waals surface area (Å²) in [4.78, 5) is 15.5. The molecule has 2 heterocycles. The number of rotatable bonds is 4. The maximum Gasteiger partial charge on any atom is 0.230 e. The fourth-order valence-corrected chi connectivity index (χ4v) is 2.17. The number of carbonyl (C=O) groups is 1. The van der Waals surface area contributed by atoms with Crippen LogP contribution < -0.4 is 4.74 Å². The third kappa shape index (κ3) is 2.20.